The second-order valence-corrected chi connectivity index (χ2v) is 9.09. The Labute approximate surface area is 206 Å². The molecular formula is C27H23FN4O2S. The van der Waals surface area contributed by atoms with Crippen LogP contribution < -0.4 is 10.2 Å². The fourth-order valence-electron chi connectivity index (χ4n) is 4.18. The average molecular weight is 487 g/mol. The summed E-state index contributed by atoms with van der Waals surface area (Å²) in [4.78, 5) is 20.6. The number of nitrogens with one attached hydrogen (secondary N) is 1. The summed E-state index contributed by atoms with van der Waals surface area (Å²) < 4.78 is 19.7. The number of hydrogen-bond acceptors (Lipinski definition) is 5. The van der Waals surface area contributed by atoms with Gasteiger partial charge in [-0.05, 0) is 73.7 Å². The molecule has 4 aromatic rings. The van der Waals surface area contributed by atoms with Gasteiger partial charge >= 0.3 is 6.03 Å². The first-order valence-electron chi connectivity index (χ1n) is 11.1. The molecule has 176 valence electrons. The molecule has 0 saturated heterocycles. The van der Waals surface area contributed by atoms with E-state index in [1.54, 1.807) is 30.8 Å². The number of thioether (sulfide) groups is 1. The number of rotatable bonds is 5. The maximum absolute atomic E-state index is 13.9. The molecule has 0 fully saturated rings. The van der Waals surface area contributed by atoms with E-state index < -0.39 is 6.04 Å². The van der Waals surface area contributed by atoms with Gasteiger partial charge in [0.15, 0.2) is 0 Å². The zero-order valence-electron chi connectivity index (χ0n) is 19.4. The zero-order valence-corrected chi connectivity index (χ0v) is 20.3. The van der Waals surface area contributed by atoms with Gasteiger partial charge in [0, 0.05) is 16.2 Å². The highest BCUT2D eigenvalue weighted by Crippen LogP contribution is 2.39. The molecule has 5 rings (SSSR count). The largest absolute Gasteiger partial charge is 0.334 e. The lowest BCUT2D eigenvalue weighted by Crippen LogP contribution is -2.46. The highest BCUT2D eigenvalue weighted by Gasteiger charge is 2.36. The number of aryl methyl sites for hydroxylation is 1. The zero-order chi connectivity index (χ0) is 24.5. The Hall–Kier alpha value is -3.91. The van der Waals surface area contributed by atoms with Gasteiger partial charge in [0.25, 0.3) is 5.89 Å². The average Bonchev–Trinajstić information content (AvgIpc) is 3.36. The van der Waals surface area contributed by atoms with Gasteiger partial charge in [-0.15, -0.1) is 11.8 Å². The Morgan fingerprint density at radius 2 is 1.77 bits per heavy atom. The Morgan fingerprint density at radius 1 is 1.03 bits per heavy atom. The van der Waals surface area contributed by atoms with Crippen molar-refractivity contribution in [2.75, 3.05) is 11.2 Å². The van der Waals surface area contributed by atoms with Crippen LogP contribution in [0.25, 0.3) is 17.0 Å². The maximum atomic E-state index is 13.9. The van der Waals surface area contributed by atoms with Gasteiger partial charge in [-0.1, -0.05) is 35.5 Å². The summed E-state index contributed by atoms with van der Waals surface area (Å²) in [6.45, 7) is 3.50. The van der Waals surface area contributed by atoms with Crippen molar-refractivity contribution in [3.8, 4) is 11.4 Å². The number of halogens is 1. The van der Waals surface area contributed by atoms with E-state index in [1.165, 1.54) is 11.0 Å². The molecule has 0 aliphatic carbocycles. The van der Waals surface area contributed by atoms with Gasteiger partial charge in [0.05, 0.1) is 17.3 Å². The van der Waals surface area contributed by atoms with E-state index in [2.05, 4.69) is 10.5 Å². The lowest BCUT2D eigenvalue weighted by atomic mass is 9.94. The van der Waals surface area contributed by atoms with Crippen LogP contribution in [0.3, 0.4) is 0 Å². The molecule has 1 aliphatic heterocycles. The molecule has 0 radical (unpaired) electrons. The van der Waals surface area contributed by atoms with Crippen molar-refractivity contribution in [2.24, 2.45) is 0 Å². The number of anilines is 1. The van der Waals surface area contributed by atoms with Crippen molar-refractivity contribution in [3.63, 3.8) is 0 Å². The number of urea groups is 1. The van der Waals surface area contributed by atoms with Crippen molar-refractivity contribution in [1.82, 2.24) is 15.5 Å². The van der Waals surface area contributed by atoms with Gasteiger partial charge < -0.3 is 9.84 Å². The number of amides is 2. The quantitative estimate of drug-likeness (QED) is 0.322. The third kappa shape index (κ3) is 4.33. The molecule has 2 heterocycles. The third-order valence-electron chi connectivity index (χ3n) is 6.02. The number of nitrogens with zero attached hydrogens (tertiary/aromatic N) is 3. The van der Waals surface area contributed by atoms with Crippen LogP contribution in [-0.4, -0.2) is 22.4 Å². The van der Waals surface area contributed by atoms with E-state index in [4.69, 9.17) is 9.51 Å². The molecule has 1 aliphatic rings. The SMILES string of the molecule is CSc1ccc(-c2noc(C3=C(C)N(c4ccc(F)c(C)c4)C(=O)NC3c3ccccc3)n2)cc1. The molecule has 6 nitrogen and oxygen atoms in total. The topological polar surface area (TPSA) is 71.3 Å². The van der Waals surface area contributed by atoms with E-state index in [-0.39, 0.29) is 11.8 Å². The van der Waals surface area contributed by atoms with Gasteiger partial charge in [-0.3, -0.25) is 4.90 Å². The van der Waals surface area contributed by atoms with Crippen molar-refractivity contribution in [1.29, 1.82) is 0 Å². The number of carbonyl (C=O) groups is 1. The maximum Gasteiger partial charge on any atom is 0.326 e. The van der Waals surface area contributed by atoms with Crippen LogP contribution in [0.15, 0.2) is 87.9 Å². The van der Waals surface area contributed by atoms with Crippen LogP contribution in [0.2, 0.25) is 0 Å². The fraction of sp³-hybridized carbons (Fsp3) is 0.148. The second kappa shape index (κ2) is 9.38. The first kappa shape index (κ1) is 22.9. The molecular weight excluding hydrogens is 463 g/mol. The lowest BCUT2D eigenvalue weighted by Gasteiger charge is -2.35. The van der Waals surface area contributed by atoms with Crippen LogP contribution in [0.1, 0.15) is 30.0 Å². The number of carbonyl (C=O) groups excluding carboxylic acids is 1. The van der Waals surface area contributed by atoms with Gasteiger partial charge in [-0.2, -0.15) is 4.98 Å². The predicted octanol–water partition coefficient (Wildman–Crippen LogP) is 6.61. The highest BCUT2D eigenvalue weighted by molar-refractivity contribution is 7.98. The van der Waals surface area contributed by atoms with Crippen molar-refractivity contribution in [3.05, 3.63) is 101 Å². The van der Waals surface area contributed by atoms with Crippen molar-refractivity contribution >= 4 is 29.1 Å². The molecule has 1 N–H and O–H groups in total. The van der Waals surface area contributed by atoms with E-state index >= 15 is 0 Å². The minimum Gasteiger partial charge on any atom is -0.334 e. The normalized spacial score (nSPS) is 15.9. The first-order chi connectivity index (χ1) is 17.0. The summed E-state index contributed by atoms with van der Waals surface area (Å²) in [6.07, 6.45) is 2.02. The summed E-state index contributed by atoms with van der Waals surface area (Å²) in [5.74, 6) is 0.439. The fourth-order valence-corrected chi connectivity index (χ4v) is 4.59. The molecule has 3 aromatic carbocycles. The summed E-state index contributed by atoms with van der Waals surface area (Å²) >= 11 is 1.66. The Bertz CT molecular complexity index is 1420. The molecule has 1 unspecified atom stereocenters. The van der Waals surface area contributed by atoms with Crippen LogP contribution in [0.5, 0.6) is 0 Å². The highest BCUT2D eigenvalue weighted by atomic mass is 32.2. The second-order valence-electron chi connectivity index (χ2n) is 8.21. The molecule has 1 aromatic heterocycles. The molecule has 35 heavy (non-hydrogen) atoms. The van der Waals surface area contributed by atoms with E-state index in [1.807, 2.05) is 67.8 Å². The van der Waals surface area contributed by atoms with Crippen molar-refractivity contribution < 1.29 is 13.7 Å². The van der Waals surface area contributed by atoms with Crippen LogP contribution >= 0.6 is 11.8 Å². The summed E-state index contributed by atoms with van der Waals surface area (Å²) in [5.41, 5.74) is 4.02. The van der Waals surface area contributed by atoms with Crippen LogP contribution in [0.4, 0.5) is 14.9 Å². The summed E-state index contributed by atoms with van der Waals surface area (Å²) in [7, 11) is 0. The predicted molar refractivity (Wildman–Crippen MR) is 135 cm³/mol. The molecule has 8 heteroatoms. The minimum absolute atomic E-state index is 0.309. The number of allylic oxidation sites excluding steroid dienone is 1. The third-order valence-corrected chi connectivity index (χ3v) is 6.77. The lowest BCUT2D eigenvalue weighted by molar-refractivity contribution is 0.244. The molecule has 0 saturated carbocycles. The molecule has 2 amide bonds. The Balaban J connectivity index is 1.63. The number of aromatic nitrogens is 2. The van der Waals surface area contributed by atoms with E-state index in [0.29, 0.717) is 34.2 Å². The first-order valence-corrected chi connectivity index (χ1v) is 12.3. The Morgan fingerprint density at radius 3 is 2.46 bits per heavy atom. The summed E-state index contributed by atoms with van der Waals surface area (Å²) in [5, 5.41) is 7.28. The van der Waals surface area contributed by atoms with Gasteiger partial charge in [0.1, 0.15) is 5.82 Å². The minimum atomic E-state index is -0.492. The van der Waals surface area contributed by atoms with Crippen LogP contribution in [0, 0.1) is 12.7 Å². The standard InChI is InChI=1S/C27H23FN4O2S/c1-16-15-20(11-14-22(16)28)32-17(2)23(24(29-27(32)33)18-7-5-4-6-8-18)26-30-25(31-34-26)19-9-12-21(35-3)13-10-19/h4-15,24H,1-3H3,(H,29,33). The van der Waals surface area contributed by atoms with Crippen molar-refractivity contribution in [2.45, 2.75) is 24.8 Å². The Kier molecular flexibility index (Phi) is 6.13. The molecule has 1 atom stereocenters. The molecule has 0 bridgehead atoms. The molecule has 0 spiro atoms. The van der Waals surface area contributed by atoms with Crippen LogP contribution in [-0.2, 0) is 0 Å². The van der Waals surface area contributed by atoms with Gasteiger partial charge in [-0.25, -0.2) is 9.18 Å². The summed E-state index contributed by atoms with van der Waals surface area (Å²) in [6, 6.07) is 21.3. The van der Waals surface area contributed by atoms with Gasteiger partial charge in [0.2, 0.25) is 5.82 Å². The van der Waals surface area contributed by atoms with E-state index in [9.17, 15) is 9.18 Å². The number of hydrogen-bond donors (Lipinski definition) is 1. The number of benzene rings is 3. The smallest absolute Gasteiger partial charge is 0.326 e. The van der Waals surface area contributed by atoms with E-state index in [0.717, 1.165) is 16.0 Å². The monoisotopic (exact) mass is 486 g/mol.